The number of benzene rings is 1. The summed E-state index contributed by atoms with van der Waals surface area (Å²) in [7, 11) is 0. The van der Waals surface area contributed by atoms with E-state index in [1.54, 1.807) is 6.07 Å². The van der Waals surface area contributed by atoms with Gasteiger partial charge in [0.15, 0.2) is 0 Å². The molecule has 0 amide bonds. The van der Waals surface area contributed by atoms with Crippen LogP contribution in [0.5, 0.6) is 0 Å². The van der Waals surface area contributed by atoms with Gasteiger partial charge < -0.3 is 4.57 Å². The molecule has 5 nitrogen and oxygen atoms in total. The van der Waals surface area contributed by atoms with Crippen LogP contribution >= 0.6 is 0 Å². The van der Waals surface area contributed by atoms with Gasteiger partial charge in [0.05, 0.1) is 11.6 Å². The van der Waals surface area contributed by atoms with Gasteiger partial charge in [0.2, 0.25) is 0 Å². The van der Waals surface area contributed by atoms with Crippen molar-refractivity contribution in [3.8, 4) is 6.07 Å². The molecule has 0 atom stereocenters. The Hall–Kier alpha value is -2.44. The lowest BCUT2D eigenvalue weighted by Gasteiger charge is -2.02. The van der Waals surface area contributed by atoms with E-state index in [1.165, 1.54) is 0 Å². The second kappa shape index (κ2) is 4.39. The number of nitrogens with zero attached hydrogens (tertiary/aromatic N) is 5. The summed E-state index contributed by atoms with van der Waals surface area (Å²) in [6.45, 7) is 1.04. The molecule has 2 rings (SSSR count). The third-order valence-corrected chi connectivity index (χ3v) is 2.41. The van der Waals surface area contributed by atoms with Gasteiger partial charge in [-0.05, 0) is 29.1 Å². The van der Waals surface area contributed by atoms with E-state index in [0.717, 1.165) is 10.9 Å². The van der Waals surface area contributed by atoms with Crippen molar-refractivity contribution in [3.05, 3.63) is 46.5 Å². The van der Waals surface area contributed by atoms with Crippen LogP contribution in [0.15, 0.2) is 35.6 Å². The van der Waals surface area contributed by atoms with Crippen LogP contribution in [-0.2, 0) is 6.54 Å². The molecule has 0 N–H and O–H groups in total. The van der Waals surface area contributed by atoms with Gasteiger partial charge in [-0.2, -0.15) is 5.26 Å². The molecule has 78 valence electrons. The van der Waals surface area contributed by atoms with Crippen molar-refractivity contribution >= 4 is 10.9 Å². The zero-order chi connectivity index (χ0) is 11.4. The lowest BCUT2D eigenvalue weighted by Crippen LogP contribution is -1.98. The first-order valence-electron chi connectivity index (χ1n) is 4.85. The Labute approximate surface area is 92.2 Å². The summed E-state index contributed by atoms with van der Waals surface area (Å²) in [5.74, 6) is 0. The molecule has 1 heterocycles. The van der Waals surface area contributed by atoms with E-state index in [4.69, 9.17) is 10.8 Å². The zero-order valence-electron chi connectivity index (χ0n) is 8.54. The maximum Gasteiger partial charge on any atom is 0.0992 e. The van der Waals surface area contributed by atoms with Crippen LogP contribution in [0.1, 0.15) is 5.56 Å². The molecule has 0 spiro atoms. The molecule has 0 aliphatic rings. The Morgan fingerprint density at radius 3 is 3.06 bits per heavy atom. The Balaban J connectivity index is 2.38. The van der Waals surface area contributed by atoms with Crippen LogP contribution in [-0.4, -0.2) is 11.1 Å². The summed E-state index contributed by atoms with van der Waals surface area (Å²) in [4.78, 5) is 2.71. The minimum Gasteiger partial charge on any atom is -0.347 e. The van der Waals surface area contributed by atoms with Gasteiger partial charge in [-0.15, -0.1) is 0 Å². The standard InChI is InChI=1S/C11H9N5/c12-8-9-1-2-10-3-5-16(11(10)7-9)6-4-14-15-13/h1-3,5,7H,4,6H2. The van der Waals surface area contributed by atoms with Crippen molar-refractivity contribution in [1.29, 1.82) is 5.26 Å². The van der Waals surface area contributed by atoms with E-state index in [2.05, 4.69) is 16.1 Å². The Morgan fingerprint density at radius 2 is 2.31 bits per heavy atom. The third kappa shape index (κ3) is 1.83. The molecule has 1 aromatic carbocycles. The van der Waals surface area contributed by atoms with Gasteiger partial charge in [-0.25, -0.2) is 0 Å². The van der Waals surface area contributed by atoms with Crippen molar-refractivity contribution < 1.29 is 0 Å². The van der Waals surface area contributed by atoms with Gasteiger partial charge in [0, 0.05) is 29.7 Å². The van der Waals surface area contributed by atoms with Crippen LogP contribution in [0.2, 0.25) is 0 Å². The van der Waals surface area contributed by atoms with Gasteiger partial charge in [-0.1, -0.05) is 11.2 Å². The van der Waals surface area contributed by atoms with E-state index in [-0.39, 0.29) is 0 Å². The number of aromatic nitrogens is 1. The average molecular weight is 211 g/mol. The lowest BCUT2D eigenvalue weighted by atomic mass is 10.2. The Morgan fingerprint density at radius 1 is 1.44 bits per heavy atom. The van der Waals surface area contributed by atoms with Crippen LogP contribution in [0.25, 0.3) is 21.3 Å². The summed E-state index contributed by atoms with van der Waals surface area (Å²) < 4.78 is 1.98. The summed E-state index contributed by atoms with van der Waals surface area (Å²) in [5.41, 5.74) is 9.82. The average Bonchev–Trinajstić information content (AvgIpc) is 2.72. The van der Waals surface area contributed by atoms with E-state index < -0.39 is 0 Å². The number of rotatable bonds is 3. The predicted octanol–water partition coefficient (Wildman–Crippen LogP) is 2.82. The predicted molar refractivity (Wildman–Crippen MR) is 60.7 cm³/mol. The van der Waals surface area contributed by atoms with Gasteiger partial charge in [0.1, 0.15) is 0 Å². The minimum absolute atomic E-state index is 0.414. The zero-order valence-corrected chi connectivity index (χ0v) is 8.54. The van der Waals surface area contributed by atoms with E-state index in [9.17, 15) is 0 Å². The molecule has 0 bridgehead atoms. The second-order valence-corrected chi connectivity index (χ2v) is 3.35. The van der Waals surface area contributed by atoms with E-state index in [0.29, 0.717) is 18.7 Å². The van der Waals surface area contributed by atoms with Crippen LogP contribution < -0.4 is 0 Å². The lowest BCUT2D eigenvalue weighted by molar-refractivity contribution is 0.732. The van der Waals surface area contributed by atoms with Crippen molar-refractivity contribution in [2.75, 3.05) is 6.54 Å². The molecule has 0 radical (unpaired) electrons. The van der Waals surface area contributed by atoms with Crippen molar-refractivity contribution in [1.82, 2.24) is 4.57 Å². The molecular weight excluding hydrogens is 202 g/mol. The van der Waals surface area contributed by atoms with Crippen LogP contribution in [0, 0.1) is 11.3 Å². The Kier molecular flexibility index (Phi) is 2.77. The molecule has 0 saturated carbocycles. The first-order chi connectivity index (χ1) is 7.85. The molecule has 0 unspecified atom stereocenters. The molecular formula is C11H9N5. The summed E-state index contributed by atoms with van der Waals surface area (Å²) >= 11 is 0. The fourth-order valence-electron chi connectivity index (χ4n) is 1.65. The van der Waals surface area contributed by atoms with Crippen LogP contribution in [0.4, 0.5) is 0 Å². The highest BCUT2D eigenvalue weighted by atomic mass is 15.1. The molecule has 2 aromatic rings. The van der Waals surface area contributed by atoms with Gasteiger partial charge in [0.25, 0.3) is 0 Å². The monoisotopic (exact) mass is 211 g/mol. The largest absolute Gasteiger partial charge is 0.347 e. The molecule has 0 saturated heterocycles. The second-order valence-electron chi connectivity index (χ2n) is 3.35. The summed E-state index contributed by atoms with van der Waals surface area (Å²) in [6, 6.07) is 9.63. The topological polar surface area (TPSA) is 77.5 Å². The quantitative estimate of drug-likeness (QED) is 0.436. The van der Waals surface area contributed by atoms with Crippen molar-refractivity contribution in [2.45, 2.75) is 6.54 Å². The van der Waals surface area contributed by atoms with Crippen molar-refractivity contribution in [3.63, 3.8) is 0 Å². The molecule has 1 aromatic heterocycles. The first kappa shape index (κ1) is 10.1. The molecule has 5 heteroatoms. The van der Waals surface area contributed by atoms with E-state index >= 15 is 0 Å². The SMILES string of the molecule is N#Cc1ccc2ccn(CCN=[N+]=[N-])c2c1. The summed E-state index contributed by atoms with van der Waals surface area (Å²) in [5, 5.41) is 13.4. The maximum atomic E-state index is 8.81. The fourth-order valence-corrected chi connectivity index (χ4v) is 1.65. The highest BCUT2D eigenvalue weighted by Crippen LogP contribution is 2.17. The molecule has 0 fully saturated rings. The minimum atomic E-state index is 0.414. The normalized spacial score (nSPS) is 9.69. The molecule has 0 aliphatic carbocycles. The number of nitriles is 1. The molecule has 0 aliphatic heterocycles. The van der Waals surface area contributed by atoms with E-state index in [1.807, 2.05) is 29.0 Å². The number of fused-ring (bicyclic) bond motifs is 1. The highest BCUT2D eigenvalue weighted by molar-refractivity contribution is 5.81. The highest BCUT2D eigenvalue weighted by Gasteiger charge is 2.01. The number of hydrogen-bond donors (Lipinski definition) is 0. The van der Waals surface area contributed by atoms with Crippen LogP contribution in [0.3, 0.4) is 0 Å². The van der Waals surface area contributed by atoms with Gasteiger partial charge in [-0.3, -0.25) is 0 Å². The smallest absolute Gasteiger partial charge is 0.0992 e. The number of azide groups is 1. The maximum absolute atomic E-state index is 8.81. The first-order valence-corrected chi connectivity index (χ1v) is 4.85. The number of hydrogen-bond acceptors (Lipinski definition) is 2. The van der Waals surface area contributed by atoms with Gasteiger partial charge >= 0.3 is 0 Å². The third-order valence-electron chi connectivity index (χ3n) is 2.41. The molecule has 16 heavy (non-hydrogen) atoms. The summed E-state index contributed by atoms with van der Waals surface area (Å²) in [6.07, 6.45) is 1.93. The Bertz CT molecular complexity index is 598. The fraction of sp³-hybridized carbons (Fsp3) is 0.182. The van der Waals surface area contributed by atoms with Crippen molar-refractivity contribution in [2.24, 2.45) is 5.11 Å².